The van der Waals surface area contributed by atoms with Crippen molar-refractivity contribution < 1.29 is 31.1 Å². The predicted molar refractivity (Wildman–Crippen MR) is 102 cm³/mol. The summed E-state index contributed by atoms with van der Waals surface area (Å²) in [5.74, 6) is -0.837. The zero-order chi connectivity index (χ0) is 22.6. The largest absolute Gasteiger partial charge is 0.433 e. The van der Waals surface area contributed by atoms with Crippen molar-refractivity contribution in [3.63, 3.8) is 0 Å². The minimum absolute atomic E-state index is 0.0831. The smallest absolute Gasteiger partial charge is 0.352 e. The molecule has 3 rings (SSSR count). The van der Waals surface area contributed by atoms with Gasteiger partial charge >= 0.3 is 12.4 Å². The standard InChI is InChI=1S/C22H16F6N2O/c23-21(24,25)18-7-2-1-6-17(18)20(31)29-11-10-14-4-3-5-15(12-14)16-8-9-19(30-13-16)22(26,27)28/h1-9,12-13H,10-11H2,(H,29,31). The first-order valence-electron chi connectivity index (χ1n) is 9.13. The van der Waals surface area contributed by atoms with Gasteiger partial charge in [0.05, 0.1) is 11.1 Å². The number of pyridine rings is 1. The molecule has 1 amide bonds. The van der Waals surface area contributed by atoms with Crippen LogP contribution in [0.5, 0.6) is 0 Å². The maximum Gasteiger partial charge on any atom is 0.433 e. The molecule has 0 aliphatic rings. The van der Waals surface area contributed by atoms with Crippen LogP contribution in [0.25, 0.3) is 11.1 Å². The van der Waals surface area contributed by atoms with E-state index in [0.717, 1.165) is 30.0 Å². The van der Waals surface area contributed by atoms with Gasteiger partial charge < -0.3 is 5.32 Å². The number of hydrogen-bond acceptors (Lipinski definition) is 2. The van der Waals surface area contributed by atoms with E-state index in [2.05, 4.69) is 10.3 Å². The van der Waals surface area contributed by atoms with Gasteiger partial charge in [-0.25, -0.2) is 0 Å². The first-order chi connectivity index (χ1) is 14.6. The van der Waals surface area contributed by atoms with Gasteiger partial charge in [-0.15, -0.1) is 0 Å². The summed E-state index contributed by atoms with van der Waals surface area (Å²) in [7, 11) is 0. The summed E-state index contributed by atoms with van der Waals surface area (Å²) in [6.45, 7) is 0.0831. The van der Waals surface area contributed by atoms with Crippen LogP contribution in [0.15, 0.2) is 66.9 Å². The lowest BCUT2D eigenvalue weighted by Gasteiger charge is -2.13. The molecule has 1 heterocycles. The highest BCUT2D eigenvalue weighted by Gasteiger charge is 2.34. The molecular weight excluding hydrogens is 422 g/mol. The Bertz CT molecular complexity index is 1060. The molecule has 0 bridgehead atoms. The number of carbonyl (C=O) groups is 1. The normalized spacial score (nSPS) is 11.9. The molecule has 1 N–H and O–H groups in total. The lowest BCUT2D eigenvalue weighted by Crippen LogP contribution is -2.28. The fourth-order valence-corrected chi connectivity index (χ4v) is 2.98. The number of carbonyl (C=O) groups excluding carboxylic acids is 1. The second kappa shape index (κ2) is 8.79. The average molecular weight is 438 g/mol. The summed E-state index contributed by atoms with van der Waals surface area (Å²) >= 11 is 0. The second-order valence-electron chi connectivity index (χ2n) is 6.68. The number of alkyl halides is 6. The number of benzene rings is 2. The summed E-state index contributed by atoms with van der Waals surface area (Å²) in [6.07, 6.45) is -7.72. The van der Waals surface area contributed by atoms with E-state index in [0.29, 0.717) is 17.5 Å². The molecule has 0 aliphatic carbocycles. The molecule has 0 unspecified atom stereocenters. The monoisotopic (exact) mass is 438 g/mol. The zero-order valence-electron chi connectivity index (χ0n) is 15.9. The number of amides is 1. The predicted octanol–water partition coefficient (Wildman–Crippen LogP) is 5.76. The minimum atomic E-state index is -4.64. The molecule has 0 atom stereocenters. The van der Waals surface area contributed by atoms with Crippen molar-refractivity contribution in [1.82, 2.24) is 10.3 Å². The van der Waals surface area contributed by atoms with Crippen molar-refractivity contribution in [2.45, 2.75) is 18.8 Å². The van der Waals surface area contributed by atoms with Crippen LogP contribution in [0.4, 0.5) is 26.3 Å². The summed E-state index contributed by atoms with van der Waals surface area (Å²) < 4.78 is 77.1. The Hall–Kier alpha value is -3.36. The van der Waals surface area contributed by atoms with Crippen molar-refractivity contribution in [2.24, 2.45) is 0 Å². The lowest BCUT2D eigenvalue weighted by molar-refractivity contribution is -0.141. The van der Waals surface area contributed by atoms with E-state index in [9.17, 15) is 31.1 Å². The van der Waals surface area contributed by atoms with Crippen molar-refractivity contribution in [3.05, 3.63) is 89.2 Å². The summed E-state index contributed by atoms with van der Waals surface area (Å²) in [5, 5.41) is 2.47. The minimum Gasteiger partial charge on any atom is -0.352 e. The Labute approximate surface area is 173 Å². The Kier molecular flexibility index (Phi) is 6.33. The molecule has 0 saturated heterocycles. The number of aromatic nitrogens is 1. The molecule has 9 heteroatoms. The highest BCUT2D eigenvalue weighted by atomic mass is 19.4. The van der Waals surface area contributed by atoms with E-state index in [4.69, 9.17) is 0 Å². The van der Waals surface area contributed by atoms with Gasteiger partial charge in [0.1, 0.15) is 5.69 Å². The van der Waals surface area contributed by atoms with Gasteiger partial charge in [-0.2, -0.15) is 26.3 Å². The number of hydrogen-bond donors (Lipinski definition) is 1. The third-order valence-corrected chi connectivity index (χ3v) is 4.49. The zero-order valence-corrected chi connectivity index (χ0v) is 15.9. The molecule has 0 spiro atoms. The molecule has 3 nitrogen and oxygen atoms in total. The molecule has 3 aromatic rings. The molecule has 1 aromatic heterocycles. The van der Waals surface area contributed by atoms with Gasteiger partial charge in [-0.05, 0) is 35.7 Å². The van der Waals surface area contributed by atoms with E-state index in [1.165, 1.54) is 18.2 Å². The van der Waals surface area contributed by atoms with E-state index in [1.54, 1.807) is 24.3 Å². The molecule has 0 saturated carbocycles. The molecule has 0 radical (unpaired) electrons. The number of halogens is 6. The highest BCUT2D eigenvalue weighted by molar-refractivity contribution is 5.95. The Balaban J connectivity index is 1.66. The molecule has 2 aromatic carbocycles. The van der Waals surface area contributed by atoms with E-state index >= 15 is 0 Å². The van der Waals surface area contributed by atoms with Crippen LogP contribution in [0, 0.1) is 0 Å². The molecule has 162 valence electrons. The number of nitrogens with one attached hydrogen (secondary N) is 1. The molecular formula is C22H16F6N2O. The number of rotatable bonds is 5. The summed E-state index contributed by atoms with van der Waals surface area (Å²) in [6, 6.07) is 13.6. The SMILES string of the molecule is O=C(NCCc1cccc(-c2ccc(C(F)(F)F)nc2)c1)c1ccccc1C(F)(F)F. The first-order valence-corrected chi connectivity index (χ1v) is 9.13. The van der Waals surface area contributed by atoms with E-state index in [-0.39, 0.29) is 6.54 Å². The van der Waals surface area contributed by atoms with E-state index in [1.807, 2.05) is 0 Å². The highest BCUT2D eigenvalue weighted by Crippen LogP contribution is 2.32. The van der Waals surface area contributed by atoms with Crippen LogP contribution >= 0.6 is 0 Å². The van der Waals surface area contributed by atoms with Crippen molar-refractivity contribution in [1.29, 1.82) is 0 Å². The fraction of sp³-hybridized carbons (Fsp3) is 0.182. The first kappa shape index (κ1) is 22.3. The summed E-state index contributed by atoms with van der Waals surface area (Å²) in [5.41, 5.74) is -0.592. The Morgan fingerprint density at radius 3 is 2.23 bits per heavy atom. The van der Waals surface area contributed by atoms with Gasteiger partial charge in [0.15, 0.2) is 0 Å². The van der Waals surface area contributed by atoms with Crippen LogP contribution in [0.1, 0.15) is 27.2 Å². The maximum absolute atomic E-state index is 13.0. The average Bonchev–Trinajstić information content (AvgIpc) is 2.73. The maximum atomic E-state index is 13.0. The molecule has 0 aliphatic heterocycles. The quantitative estimate of drug-likeness (QED) is 0.515. The van der Waals surface area contributed by atoms with Crippen LogP contribution in [-0.2, 0) is 18.8 Å². The van der Waals surface area contributed by atoms with Gasteiger partial charge in [-0.3, -0.25) is 9.78 Å². The third-order valence-electron chi connectivity index (χ3n) is 4.49. The van der Waals surface area contributed by atoms with Gasteiger partial charge in [0, 0.05) is 18.3 Å². The van der Waals surface area contributed by atoms with Crippen LogP contribution < -0.4 is 5.32 Å². The third kappa shape index (κ3) is 5.62. The van der Waals surface area contributed by atoms with Crippen LogP contribution in [0.3, 0.4) is 0 Å². The summed E-state index contributed by atoms with van der Waals surface area (Å²) in [4.78, 5) is 15.6. The van der Waals surface area contributed by atoms with Crippen molar-refractivity contribution in [3.8, 4) is 11.1 Å². The van der Waals surface area contributed by atoms with Gasteiger partial charge in [-0.1, -0.05) is 42.5 Å². The number of nitrogens with zero attached hydrogens (tertiary/aromatic N) is 1. The van der Waals surface area contributed by atoms with Crippen molar-refractivity contribution in [2.75, 3.05) is 6.54 Å². The molecule has 0 fully saturated rings. The van der Waals surface area contributed by atoms with Crippen LogP contribution in [-0.4, -0.2) is 17.4 Å². The Morgan fingerprint density at radius 1 is 0.839 bits per heavy atom. The lowest BCUT2D eigenvalue weighted by atomic mass is 10.0. The fourth-order valence-electron chi connectivity index (χ4n) is 2.98. The Morgan fingerprint density at radius 2 is 1.58 bits per heavy atom. The van der Waals surface area contributed by atoms with Crippen LogP contribution in [0.2, 0.25) is 0 Å². The van der Waals surface area contributed by atoms with Gasteiger partial charge in [0.25, 0.3) is 5.91 Å². The van der Waals surface area contributed by atoms with Crippen molar-refractivity contribution >= 4 is 5.91 Å². The van der Waals surface area contributed by atoms with Gasteiger partial charge in [0.2, 0.25) is 0 Å². The van der Waals surface area contributed by atoms with E-state index < -0.39 is 35.1 Å². The topological polar surface area (TPSA) is 42.0 Å². The second-order valence-corrected chi connectivity index (χ2v) is 6.68. The molecule has 31 heavy (non-hydrogen) atoms.